The van der Waals surface area contributed by atoms with Gasteiger partial charge in [0.25, 0.3) is 0 Å². The average Bonchev–Trinajstić information content (AvgIpc) is 2.85. The number of hydrogen-bond acceptors (Lipinski definition) is 5. The summed E-state index contributed by atoms with van der Waals surface area (Å²) in [7, 11) is 0. The van der Waals surface area contributed by atoms with Crippen molar-refractivity contribution in [2.24, 2.45) is 5.41 Å². The fourth-order valence-corrected chi connectivity index (χ4v) is 4.67. The molecule has 6 nitrogen and oxygen atoms in total. The van der Waals surface area contributed by atoms with Crippen LogP contribution in [0.25, 0.3) is 0 Å². The maximum absolute atomic E-state index is 13.6. The Hall–Kier alpha value is -2.89. The summed E-state index contributed by atoms with van der Waals surface area (Å²) in [5, 5.41) is 3.31. The Morgan fingerprint density at radius 1 is 1.20 bits per heavy atom. The molecule has 2 saturated heterocycles. The van der Waals surface area contributed by atoms with Crippen molar-refractivity contribution >= 4 is 11.7 Å². The Bertz CT molecular complexity index is 893. The van der Waals surface area contributed by atoms with Crippen LogP contribution in [0.15, 0.2) is 60.5 Å². The van der Waals surface area contributed by atoms with E-state index in [2.05, 4.69) is 32.8 Å². The van der Waals surface area contributed by atoms with Crippen LogP contribution in [-0.2, 0) is 4.79 Å². The second kappa shape index (κ2) is 8.86. The highest BCUT2D eigenvalue weighted by atomic mass is 16.2. The van der Waals surface area contributed by atoms with Gasteiger partial charge in [-0.25, -0.2) is 9.97 Å². The lowest BCUT2D eigenvalue weighted by molar-refractivity contribution is -0.147. The number of carbonyl (C=O) groups is 1. The van der Waals surface area contributed by atoms with Gasteiger partial charge in [0, 0.05) is 45.1 Å². The standard InChI is InChI=1S/C24H31N5O/c1-19-7-4-3-5-12-25-17-21(19)18-29-14-6-9-24(23(29)30)10-15-28(16-11-24)22-8-13-26-20(2)27-22/h3-5,7-8,13,17,25H,1,6,9-12,14-16,18H2,2H3/b5-3-,7-4-,21-17?. The summed E-state index contributed by atoms with van der Waals surface area (Å²) in [4.78, 5) is 26.7. The van der Waals surface area contributed by atoms with Gasteiger partial charge in [0.1, 0.15) is 11.6 Å². The van der Waals surface area contributed by atoms with Crippen LogP contribution in [0, 0.1) is 12.3 Å². The lowest BCUT2D eigenvalue weighted by Crippen LogP contribution is -2.54. The molecule has 0 aliphatic carbocycles. The number of hydrogen-bond donors (Lipinski definition) is 1. The minimum atomic E-state index is -0.234. The fourth-order valence-electron chi connectivity index (χ4n) is 4.67. The van der Waals surface area contributed by atoms with Gasteiger partial charge >= 0.3 is 0 Å². The topological polar surface area (TPSA) is 61.4 Å². The first-order chi connectivity index (χ1) is 14.6. The normalized spacial score (nSPS) is 23.8. The smallest absolute Gasteiger partial charge is 0.229 e. The number of anilines is 1. The maximum Gasteiger partial charge on any atom is 0.229 e. The van der Waals surface area contributed by atoms with Crippen LogP contribution in [0.1, 0.15) is 31.5 Å². The molecule has 1 aromatic rings. The van der Waals surface area contributed by atoms with Crippen molar-refractivity contribution in [2.75, 3.05) is 37.6 Å². The molecule has 4 heterocycles. The molecule has 1 amide bonds. The second-order valence-corrected chi connectivity index (χ2v) is 8.45. The molecule has 3 aliphatic rings. The molecule has 6 heteroatoms. The van der Waals surface area contributed by atoms with Gasteiger partial charge in [-0.2, -0.15) is 0 Å². The summed E-state index contributed by atoms with van der Waals surface area (Å²) >= 11 is 0. The molecular weight excluding hydrogens is 374 g/mol. The first-order valence-electron chi connectivity index (χ1n) is 10.9. The van der Waals surface area contributed by atoms with Crippen LogP contribution in [0.4, 0.5) is 5.82 Å². The summed E-state index contributed by atoms with van der Waals surface area (Å²) in [5.74, 6) is 2.06. The van der Waals surface area contributed by atoms with Crippen molar-refractivity contribution in [3.63, 3.8) is 0 Å². The number of nitrogens with zero attached hydrogens (tertiary/aromatic N) is 4. The second-order valence-electron chi connectivity index (χ2n) is 8.45. The molecule has 158 valence electrons. The van der Waals surface area contributed by atoms with Crippen molar-refractivity contribution in [3.05, 3.63) is 66.3 Å². The van der Waals surface area contributed by atoms with E-state index in [0.717, 1.165) is 74.7 Å². The highest BCUT2D eigenvalue weighted by Crippen LogP contribution is 2.42. The summed E-state index contributed by atoms with van der Waals surface area (Å²) in [5.41, 5.74) is 1.80. The number of likely N-dealkylation sites (tertiary alicyclic amines) is 1. The number of aromatic nitrogens is 2. The van der Waals surface area contributed by atoms with Crippen LogP contribution < -0.4 is 10.2 Å². The molecular formula is C24H31N5O. The highest BCUT2D eigenvalue weighted by molar-refractivity contribution is 5.84. The van der Waals surface area contributed by atoms with E-state index in [1.807, 2.05) is 48.5 Å². The lowest BCUT2D eigenvalue weighted by Gasteiger charge is -2.46. The number of carbonyl (C=O) groups excluding carboxylic acids is 1. The molecule has 2 fully saturated rings. The zero-order valence-electron chi connectivity index (χ0n) is 17.8. The third kappa shape index (κ3) is 4.32. The van der Waals surface area contributed by atoms with Gasteiger partial charge in [-0.05, 0) is 49.8 Å². The number of amides is 1. The molecule has 1 N–H and O–H groups in total. The number of aryl methyl sites for hydroxylation is 1. The Kier molecular flexibility index (Phi) is 6.02. The molecule has 0 unspecified atom stereocenters. The van der Waals surface area contributed by atoms with Crippen LogP contribution in [0.3, 0.4) is 0 Å². The quantitative estimate of drug-likeness (QED) is 0.837. The minimum Gasteiger partial charge on any atom is -0.387 e. The number of piperidine rings is 2. The first-order valence-corrected chi connectivity index (χ1v) is 10.9. The van der Waals surface area contributed by atoms with Gasteiger partial charge < -0.3 is 15.1 Å². The Labute approximate surface area is 179 Å². The van der Waals surface area contributed by atoms with E-state index in [4.69, 9.17) is 0 Å². The van der Waals surface area contributed by atoms with E-state index >= 15 is 0 Å². The van der Waals surface area contributed by atoms with Gasteiger partial charge in [-0.1, -0.05) is 30.9 Å². The van der Waals surface area contributed by atoms with Crippen molar-refractivity contribution in [2.45, 2.75) is 32.6 Å². The third-order valence-corrected chi connectivity index (χ3v) is 6.46. The van der Waals surface area contributed by atoms with Gasteiger partial charge in [-0.15, -0.1) is 0 Å². The highest BCUT2D eigenvalue weighted by Gasteiger charge is 2.45. The van der Waals surface area contributed by atoms with E-state index < -0.39 is 0 Å². The molecule has 0 bridgehead atoms. The average molecular weight is 406 g/mol. The number of rotatable bonds is 3. The minimum absolute atomic E-state index is 0.234. The van der Waals surface area contributed by atoms with Crippen molar-refractivity contribution in [1.29, 1.82) is 0 Å². The molecule has 4 rings (SSSR count). The van der Waals surface area contributed by atoms with Crippen LogP contribution in [0.2, 0.25) is 0 Å². The lowest BCUT2D eigenvalue weighted by atomic mass is 9.71. The fraction of sp³-hybridized carbons (Fsp3) is 0.458. The van der Waals surface area contributed by atoms with E-state index in [9.17, 15) is 4.79 Å². The van der Waals surface area contributed by atoms with E-state index in [1.165, 1.54) is 0 Å². The van der Waals surface area contributed by atoms with E-state index in [-0.39, 0.29) is 5.41 Å². The number of allylic oxidation sites excluding steroid dienone is 3. The van der Waals surface area contributed by atoms with Gasteiger partial charge in [0.05, 0.1) is 5.41 Å². The van der Waals surface area contributed by atoms with E-state index in [0.29, 0.717) is 12.5 Å². The van der Waals surface area contributed by atoms with Gasteiger partial charge in [0.2, 0.25) is 5.91 Å². The third-order valence-electron chi connectivity index (χ3n) is 6.46. The predicted octanol–water partition coefficient (Wildman–Crippen LogP) is 3.15. The Morgan fingerprint density at radius 2 is 2.03 bits per heavy atom. The van der Waals surface area contributed by atoms with Crippen LogP contribution in [0.5, 0.6) is 0 Å². The molecule has 0 atom stereocenters. The van der Waals surface area contributed by atoms with Crippen LogP contribution in [-0.4, -0.2) is 53.5 Å². The SMILES string of the molecule is C=C1/C=C\C=C/CNC=C1CN1CCCC2(CCN(c3ccnc(C)n3)CC2)C1=O. The van der Waals surface area contributed by atoms with E-state index in [1.54, 1.807) is 0 Å². The summed E-state index contributed by atoms with van der Waals surface area (Å²) in [6, 6.07) is 1.96. The molecule has 1 spiro atoms. The largest absolute Gasteiger partial charge is 0.387 e. The van der Waals surface area contributed by atoms with Gasteiger partial charge in [0.15, 0.2) is 0 Å². The number of nitrogens with one attached hydrogen (secondary N) is 1. The van der Waals surface area contributed by atoms with Crippen LogP contribution >= 0.6 is 0 Å². The monoisotopic (exact) mass is 405 g/mol. The maximum atomic E-state index is 13.6. The zero-order valence-corrected chi connectivity index (χ0v) is 17.8. The summed E-state index contributed by atoms with van der Waals surface area (Å²) in [6.45, 7) is 10.1. The molecule has 3 aliphatic heterocycles. The molecule has 1 aromatic heterocycles. The van der Waals surface area contributed by atoms with Crippen molar-refractivity contribution in [3.8, 4) is 0 Å². The molecule has 0 saturated carbocycles. The van der Waals surface area contributed by atoms with Crippen molar-refractivity contribution < 1.29 is 4.79 Å². The Morgan fingerprint density at radius 3 is 2.83 bits per heavy atom. The molecule has 30 heavy (non-hydrogen) atoms. The first kappa shape index (κ1) is 20.4. The van der Waals surface area contributed by atoms with Crippen molar-refractivity contribution in [1.82, 2.24) is 20.2 Å². The summed E-state index contributed by atoms with van der Waals surface area (Å²) < 4.78 is 0. The summed E-state index contributed by atoms with van der Waals surface area (Å²) in [6.07, 6.45) is 15.7. The Balaban J connectivity index is 1.44. The molecule has 0 radical (unpaired) electrons. The predicted molar refractivity (Wildman–Crippen MR) is 120 cm³/mol. The van der Waals surface area contributed by atoms with Gasteiger partial charge in [-0.3, -0.25) is 4.79 Å². The zero-order chi connectivity index (χ0) is 21.0. The molecule has 0 aromatic carbocycles.